The fourth-order valence-corrected chi connectivity index (χ4v) is 6.56. The number of hydrogen-bond acceptors (Lipinski definition) is 4. The van der Waals surface area contributed by atoms with Crippen molar-refractivity contribution in [2.75, 3.05) is 13.7 Å². The van der Waals surface area contributed by atoms with E-state index in [1.165, 1.54) is 11.4 Å². The number of ether oxygens (including phenoxy) is 1. The average Bonchev–Trinajstić information content (AvgIpc) is 2.58. The van der Waals surface area contributed by atoms with Gasteiger partial charge < -0.3 is 4.74 Å². The van der Waals surface area contributed by atoms with Crippen LogP contribution in [0.15, 0.2) is 45.8 Å². The largest absolute Gasteiger partial charge is 0.469 e. The number of carbonyl (C=O) groups excluding carboxylic acids is 1. The number of halogens is 2. The molecule has 2 aromatic rings. The third-order valence-corrected chi connectivity index (χ3v) is 7.60. The van der Waals surface area contributed by atoms with Gasteiger partial charge in [0.25, 0.3) is 0 Å². The summed E-state index contributed by atoms with van der Waals surface area (Å²) in [5.74, 6) is -1.14. The smallest absolute Gasteiger partial charge is 0.314 e. The lowest BCUT2D eigenvalue weighted by Gasteiger charge is -2.33. The molecule has 0 aliphatic carbocycles. The molecule has 3 rings (SSSR count). The van der Waals surface area contributed by atoms with Crippen molar-refractivity contribution in [2.45, 2.75) is 24.3 Å². The maximum Gasteiger partial charge on any atom is 0.314 e. The highest BCUT2D eigenvalue weighted by Crippen LogP contribution is 2.37. The van der Waals surface area contributed by atoms with E-state index in [-0.39, 0.29) is 23.0 Å². The number of sulfonamides is 1. The molecule has 0 amide bonds. The van der Waals surface area contributed by atoms with Gasteiger partial charge in [0, 0.05) is 17.6 Å². The summed E-state index contributed by atoms with van der Waals surface area (Å²) >= 11 is 9.55. The van der Waals surface area contributed by atoms with Crippen molar-refractivity contribution in [3.8, 4) is 0 Å². The summed E-state index contributed by atoms with van der Waals surface area (Å²) in [6.45, 7) is 2.00. The number of aryl methyl sites for hydroxylation is 1. The number of esters is 1. The van der Waals surface area contributed by atoms with Crippen molar-refractivity contribution < 1.29 is 17.9 Å². The van der Waals surface area contributed by atoms with E-state index < -0.39 is 21.9 Å². The van der Waals surface area contributed by atoms with Gasteiger partial charge in [-0.2, -0.15) is 4.31 Å². The molecule has 1 atom stereocenters. The molecule has 0 aromatic heterocycles. The Morgan fingerprint density at radius 1 is 1.31 bits per heavy atom. The first-order valence-corrected chi connectivity index (χ1v) is 10.5. The van der Waals surface area contributed by atoms with Gasteiger partial charge in [0.15, 0.2) is 0 Å². The van der Waals surface area contributed by atoms with Crippen LogP contribution in [0.4, 0.5) is 0 Å². The molecular weight excluding hydrogens is 442 g/mol. The highest BCUT2D eigenvalue weighted by Gasteiger charge is 2.38. The summed E-state index contributed by atoms with van der Waals surface area (Å²) in [7, 11) is -2.61. The zero-order valence-electron chi connectivity index (χ0n) is 14.2. The van der Waals surface area contributed by atoms with Crippen LogP contribution in [-0.2, 0) is 26.1 Å². The van der Waals surface area contributed by atoms with Gasteiger partial charge >= 0.3 is 5.97 Å². The van der Waals surface area contributed by atoms with Crippen LogP contribution in [-0.4, -0.2) is 32.3 Å². The Kier molecular flexibility index (Phi) is 5.44. The summed E-state index contributed by atoms with van der Waals surface area (Å²) in [6, 6.07) is 10.6. The first-order valence-electron chi connectivity index (χ1n) is 7.87. The predicted octanol–water partition coefficient (Wildman–Crippen LogP) is 3.87. The lowest BCUT2D eigenvalue weighted by Crippen LogP contribution is -2.41. The summed E-state index contributed by atoms with van der Waals surface area (Å²) in [4.78, 5) is 12.2. The second-order valence-corrected chi connectivity index (χ2v) is 9.27. The van der Waals surface area contributed by atoms with Gasteiger partial charge in [0.1, 0.15) is 4.90 Å². The van der Waals surface area contributed by atoms with Crippen molar-refractivity contribution in [1.29, 1.82) is 0 Å². The normalized spacial score (nSPS) is 17.6. The predicted molar refractivity (Wildman–Crippen MR) is 103 cm³/mol. The van der Waals surface area contributed by atoms with E-state index in [2.05, 4.69) is 15.9 Å². The minimum absolute atomic E-state index is 0.00264. The van der Waals surface area contributed by atoms with Gasteiger partial charge in [0.2, 0.25) is 10.0 Å². The monoisotopic (exact) mass is 457 g/mol. The van der Waals surface area contributed by atoms with Gasteiger partial charge in [-0.25, -0.2) is 8.42 Å². The van der Waals surface area contributed by atoms with Crippen LogP contribution < -0.4 is 0 Å². The molecule has 0 bridgehead atoms. The average molecular weight is 459 g/mol. The molecule has 5 nitrogen and oxygen atoms in total. The number of nitrogens with zero attached hydrogens (tertiary/aromatic N) is 1. The number of hydrogen-bond donors (Lipinski definition) is 0. The van der Waals surface area contributed by atoms with Gasteiger partial charge in [-0.15, -0.1) is 0 Å². The molecular formula is C18H17BrClNO4S. The molecule has 1 aliphatic rings. The first kappa shape index (κ1) is 19.4. The van der Waals surface area contributed by atoms with Gasteiger partial charge in [0.05, 0.1) is 18.1 Å². The third-order valence-electron chi connectivity index (χ3n) is 4.39. The van der Waals surface area contributed by atoms with E-state index in [9.17, 15) is 13.2 Å². The number of methoxy groups -OCH3 is 1. The molecule has 0 fully saturated rings. The Labute approximate surface area is 166 Å². The Bertz CT molecular complexity index is 954. The summed E-state index contributed by atoms with van der Waals surface area (Å²) in [6.07, 6.45) is 0. The van der Waals surface area contributed by atoms with Gasteiger partial charge in [-0.1, -0.05) is 35.9 Å². The Balaban J connectivity index is 2.09. The van der Waals surface area contributed by atoms with E-state index in [4.69, 9.17) is 16.3 Å². The van der Waals surface area contributed by atoms with Crippen LogP contribution in [0.25, 0.3) is 0 Å². The Hall–Kier alpha value is -1.41. The zero-order valence-corrected chi connectivity index (χ0v) is 17.4. The van der Waals surface area contributed by atoms with Gasteiger partial charge in [-0.3, -0.25) is 4.79 Å². The third kappa shape index (κ3) is 3.41. The minimum atomic E-state index is -3.91. The fourth-order valence-electron chi connectivity index (χ4n) is 3.16. The maximum atomic E-state index is 13.3. The second kappa shape index (κ2) is 7.31. The van der Waals surface area contributed by atoms with E-state index >= 15 is 0 Å². The number of fused-ring (bicyclic) bond motifs is 1. The van der Waals surface area contributed by atoms with Crippen LogP contribution in [0.1, 0.15) is 22.6 Å². The Morgan fingerprint density at radius 3 is 2.65 bits per heavy atom. The highest BCUT2D eigenvalue weighted by atomic mass is 79.9. The first-order chi connectivity index (χ1) is 12.3. The summed E-state index contributed by atoms with van der Waals surface area (Å²) in [5.41, 5.74) is 2.41. The number of carbonyl (C=O) groups is 1. The molecule has 1 heterocycles. The number of rotatable bonds is 3. The van der Waals surface area contributed by atoms with Crippen molar-refractivity contribution in [3.63, 3.8) is 0 Å². The lowest BCUT2D eigenvalue weighted by molar-refractivity contribution is -0.142. The van der Waals surface area contributed by atoms with Gasteiger partial charge in [-0.05, 0) is 51.7 Å². The number of benzene rings is 2. The summed E-state index contributed by atoms with van der Waals surface area (Å²) < 4.78 is 33.1. The molecule has 1 aliphatic heterocycles. The lowest BCUT2D eigenvalue weighted by atomic mass is 9.91. The molecule has 0 saturated carbocycles. The van der Waals surface area contributed by atoms with Crippen LogP contribution in [0.2, 0.25) is 5.02 Å². The topological polar surface area (TPSA) is 63.7 Å². The molecule has 0 radical (unpaired) electrons. The zero-order chi connectivity index (χ0) is 19.1. The van der Waals surface area contributed by atoms with Crippen LogP contribution >= 0.6 is 27.5 Å². The van der Waals surface area contributed by atoms with Crippen LogP contribution in [0.3, 0.4) is 0 Å². The van der Waals surface area contributed by atoms with E-state index in [1.54, 1.807) is 12.1 Å². The standard InChI is InChI=1S/C18H17BrClNO4S/c1-11-7-15(19)17(16(20)8-11)26(23,24)21-9-12-5-3-4-6-13(12)14(10-21)18(22)25-2/h3-8,14H,9-10H2,1-2H3. The van der Waals surface area contributed by atoms with E-state index in [1.807, 2.05) is 31.2 Å². The molecule has 26 heavy (non-hydrogen) atoms. The maximum absolute atomic E-state index is 13.3. The molecule has 0 spiro atoms. The molecule has 0 saturated heterocycles. The van der Waals surface area contributed by atoms with Crippen LogP contribution in [0, 0.1) is 6.92 Å². The quantitative estimate of drug-likeness (QED) is 0.655. The highest BCUT2D eigenvalue weighted by molar-refractivity contribution is 9.10. The van der Waals surface area contributed by atoms with Crippen LogP contribution in [0.5, 0.6) is 0 Å². The van der Waals surface area contributed by atoms with E-state index in [0.29, 0.717) is 4.47 Å². The fraction of sp³-hybridized carbons (Fsp3) is 0.278. The SMILES string of the molecule is COC(=O)C1CN(S(=O)(=O)c2c(Cl)cc(C)cc2Br)Cc2ccccc21. The Morgan fingerprint density at radius 2 is 2.00 bits per heavy atom. The molecule has 0 N–H and O–H groups in total. The van der Waals surface area contributed by atoms with Crippen molar-refractivity contribution >= 4 is 43.5 Å². The van der Waals surface area contributed by atoms with Crippen molar-refractivity contribution in [2.24, 2.45) is 0 Å². The minimum Gasteiger partial charge on any atom is -0.469 e. The molecule has 1 unspecified atom stereocenters. The molecule has 138 valence electrons. The van der Waals surface area contributed by atoms with E-state index in [0.717, 1.165) is 16.7 Å². The van der Waals surface area contributed by atoms with Crippen molar-refractivity contribution in [3.05, 3.63) is 62.6 Å². The van der Waals surface area contributed by atoms with Crippen molar-refractivity contribution in [1.82, 2.24) is 4.31 Å². The molecule has 8 heteroatoms. The summed E-state index contributed by atoms with van der Waals surface area (Å²) in [5, 5.41) is 0.144. The molecule has 2 aromatic carbocycles. The second-order valence-electron chi connectivity index (χ2n) is 6.13.